The van der Waals surface area contributed by atoms with Crippen LogP contribution in [-0.2, 0) is 9.59 Å². The number of hydrogen-bond donors (Lipinski definition) is 1. The van der Waals surface area contributed by atoms with E-state index in [1.165, 1.54) is 6.92 Å². The molecule has 1 atom stereocenters. The maximum absolute atomic E-state index is 13.6. The number of benzene rings is 2. The lowest BCUT2D eigenvalue weighted by atomic mass is 9.73. The van der Waals surface area contributed by atoms with Crippen molar-refractivity contribution in [3.8, 4) is 11.5 Å². The number of Topliss-reactive ketones (excluding diaryl/α,β-unsaturated/α-hetero) is 1. The second kappa shape index (κ2) is 9.37. The first-order chi connectivity index (χ1) is 17.1. The molecule has 2 aromatic carbocycles. The van der Waals surface area contributed by atoms with Gasteiger partial charge >= 0.3 is 0 Å². The molecule has 1 aliphatic carbocycles. The zero-order valence-corrected chi connectivity index (χ0v) is 22.5. The molecule has 0 spiro atoms. The molecule has 36 heavy (non-hydrogen) atoms. The van der Waals surface area contributed by atoms with Crippen molar-refractivity contribution < 1.29 is 14.3 Å². The molecule has 0 unspecified atom stereocenters. The van der Waals surface area contributed by atoms with Crippen LogP contribution in [0.15, 0.2) is 76.7 Å². The summed E-state index contributed by atoms with van der Waals surface area (Å²) in [4.78, 5) is 32.6. The van der Waals surface area contributed by atoms with Gasteiger partial charge in [0.25, 0.3) is 0 Å². The highest BCUT2D eigenvalue weighted by Crippen LogP contribution is 2.49. The number of nitrogens with one attached hydrogen (secondary N) is 1. The molecule has 0 radical (unpaired) electrons. The molecule has 6 nitrogen and oxygen atoms in total. The number of aromatic nitrogens is 1. The quantitative estimate of drug-likeness (QED) is 0.356. The molecule has 2 heterocycles. The van der Waals surface area contributed by atoms with Crippen LogP contribution in [0.3, 0.4) is 0 Å². The first kappa shape index (κ1) is 24.5. The average molecular weight is 567 g/mol. The van der Waals surface area contributed by atoms with Crippen molar-refractivity contribution in [1.82, 2.24) is 4.98 Å². The third-order valence-corrected chi connectivity index (χ3v) is 7.45. The van der Waals surface area contributed by atoms with Gasteiger partial charge in [-0.05, 0) is 63.7 Å². The number of amides is 1. The van der Waals surface area contributed by atoms with Crippen molar-refractivity contribution in [2.75, 3.05) is 10.2 Å². The molecule has 2 aliphatic rings. The highest BCUT2D eigenvalue weighted by atomic mass is 79.9. The summed E-state index contributed by atoms with van der Waals surface area (Å²) in [6.07, 6.45) is 4.36. The van der Waals surface area contributed by atoms with Gasteiger partial charge in [0.2, 0.25) is 5.91 Å². The van der Waals surface area contributed by atoms with Gasteiger partial charge in [0.15, 0.2) is 5.78 Å². The van der Waals surface area contributed by atoms with Crippen LogP contribution in [0.25, 0.3) is 0 Å². The fraction of sp³-hybridized carbons (Fsp3) is 0.250. The van der Waals surface area contributed by atoms with Crippen LogP contribution in [0.5, 0.6) is 11.5 Å². The van der Waals surface area contributed by atoms with E-state index in [1.807, 2.05) is 36.4 Å². The number of fused-ring (bicyclic) bond motifs is 1. The highest BCUT2D eigenvalue weighted by Gasteiger charge is 2.43. The molecule has 0 bridgehead atoms. The van der Waals surface area contributed by atoms with Crippen LogP contribution in [0.2, 0.25) is 5.02 Å². The van der Waals surface area contributed by atoms with Crippen molar-refractivity contribution in [2.24, 2.45) is 5.41 Å². The van der Waals surface area contributed by atoms with Crippen molar-refractivity contribution >= 4 is 50.6 Å². The Hall–Kier alpha value is -3.16. The van der Waals surface area contributed by atoms with E-state index in [2.05, 4.69) is 40.1 Å². The fourth-order valence-corrected chi connectivity index (χ4v) is 5.62. The Morgan fingerprint density at radius 1 is 1.19 bits per heavy atom. The molecule has 1 N–H and O–H groups in total. The van der Waals surface area contributed by atoms with Crippen molar-refractivity contribution in [3.63, 3.8) is 0 Å². The van der Waals surface area contributed by atoms with Gasteiger partial charge in [-0.25, -0.2) is 0 Å². The normalized spacial score (nSPS) is 18.6. The highest BCUT2D eigenvalue weighted by molar-refractivity contribution is 9.10. The minimum absolute atomic E-state index is 0.00428. The van der Waals surface area contributed by atoms with E-state index >= 15 is 0 Å². The van der Waals surface area contributed by atoms with Gasteiger partial charge < -0.3 is 10.1 Å². The number of hydrogen-bond acceptors (Lipinski definition) is 5. The summed E-state index contributed by atoms with van der Waals surface area (Å²) in [5.74, 6) is 0.994. The van der Waals surface area contributed by atoms with Gasteiger partial charge in [0.1, 0.15) is 11.5 Å². The molecular weight excluding hydrogens is 542 g/mol. The number of rotatable bonds is 3. The second-order valence-electron chi connectivity index (χ2n) is 9.86. The molecule has 1 aliphatic heterocycles. The van der Waals surface area contributed by atoms with Gasteiger partial charge in [-0.1, -0.05) is 43.6 Å². The second-order valence-corrected chi connectivity index (χ2v) is 11.1. The van der Waals surface area contributed by atoms with Crippen LogP contribution < -0.4 is 15.0 Å². The van der Waals surface area contributed by atoms with Crippen molar-refractivity contribution in [2.45, 2.75) is 39.7 Å². The molecule has 0 fully saturated rings. The Bertz CT molecular complexity index is 1420. The van der Waals surface area contributed by atoms with E-state index in [0.717, 1.165) is 10.2 Å². The number of ketones is 1. The molecule has 184 valence electrons. The van der Waals surface area contributed by atoms with Crippen LogP contribution in [0, 0.1) is 5.41 Å². The van der Waals surface area contributed by atoms with Gasteiger partial charge in [-0.2, -0.15) is 0 Å². The number of anilines is 2. The molecular formula is C28H25BrClN3O3. The summed E-state index contributed by atoms with van der Waals surface area (Å²) in [6, 6.07) is 14.0. The molecule has 0 saturated carbocycles. The van der Waals surface area contributed by atoms with Gasteiger partial charge in [-0.15, -0.1) is 0 Å². The number of halogens is 2. The van der Waals surface area contributed by atoms with E-state index < -0.39 is 6.04 Å². The topological polar surface area (TPSA) is 71.5 Å². The molecule has 1 amide bonds. The minimum atomic E-state index is -0.692. The van der Waals surface area contributed by atoms with Crippen molar-refractivity contribution in [1.29, 1.82) is 0 Å². The molecule has 8 heteroatoms. The number of carbonyl (C=O) groups is 2. The molecule has 0 saturated heterocycles. The third kappa shape index (κ3) is 4.53. The number of pyridine rings is 1. The monoisotopic (exact) mass is 565 g/mol. The van der Waals surface area contributed by atoms with Gasteiger partial charge in [0.05, 0.1) is 28.1 Å². The number of carbonyl (C=O) groups excluding carboxylic acids is 2. The number of para-hydroxylation sites is 1. The lowest BCUT2D eigenvalue weighted by Gasteiger charge is -2.37. The first-order valence-corrected chi connectivity index (χ1v) is 12.8. The van der Waals surface area contributed by atoms with Crippen LogP contribution in [0.1, 0.15) is 45.2 Å². The van der Waals surface area contributed by atoms with Crippen LogP contribution in [-0.4, -0.2) is 16.7 Å². The summed E-state index contributed by atoms with van der Waals surface area (Å²) in [5.41, 5.74) is 3.11. The van der Waals surface area contributed by atoms with Crippen molar-refractivity contribution in [3.05, 3.63) is 87.3 Å². The lowest BCUT2D eigenvalue weighted by Crippen LogP contribution is -2.38. The summed E-state index contributed by atoms with van der Waals surface area (Å²) in [6.45, 7) is 5.65. The summed E-state index contributed by atoms with van der Waals surface area (Å²) < 4.78 is 6.85. The van der Waals surface area contributed by atoms with E-state index in [1.54, 1.807) is 29.4 Å². The lowest BCUT2D eigenvalue weighted by molar-refractivity contribution is -0.118. The maximum atomic E-state index is 13.6. The predicted molar refractivity (Wildman–Crippen MR) is 144 cm³/mol. The number of nitrogens with zero attached hydrogens (tertiary/aromatic N) is 2. The molecule has 5 rings (SSSR count). The molecule has 3 aromatic rings. The third-order valence-electron chi connectivity index (χ3n) is 6.46. The van der Waals surface area contributed by atoms with E-state index in [0.29, 0.717) is 51.9 Å². The summed E-state index contributed by atoms with van der Waals surface area (Å²) in [5, 5.41) is 3.83. The minimum Gasteiger partial charge on any atom is -0.456 e. The van der Waals surface area contributed by atoms with E-state index in [9.17, 15) is 9.59 Å². The molecule has 1 aromatic heterocycles. The fourth-order valence-electron chi connectivity index (χ4n) is 4.98. The van der Waals surface area contributed by atoms with Crippen LogP contribution >= 0.6 is 27.5 Å². The number of ether oxygens (including phenoxy) is 1. The largest absolute Gasteiger partial charge is 0.456 e. The first-order valence-electron chi connectivity index (χ1n) is 11.6. The van der Waals surface area contributed by atoms with Gasteiger partial charge in [-0.3, -0.25) is 19.5 Å². The standard InChI is InChI=1S/C28H25BrClN3O3/c1-16(34)33-23-10-11-31-15-22(23)32-21-13-28(2,3)14-24(35)26(21)27(33)18-9-8-17(12-20(18)30)36-25-7-5-4-6-19(25)29/h4-12,15,27,32H,13-14H2,1-3H3/t27-/m1/s1. The Labute approximate surface area is 223 Å². The zero-order valence-electron chi connectivity index (χ0n) is 20.1. The van der Waals surface area contributed by atoms with Gasteiger partial charge in [0, 0.05) is 35.8 Å². The average Bonchev–Trinajstić information content (AvgIpc) is 2.94. The Kier molecular flexibility index (Phi) is 6.39. The summed E-state index contributed by atoms with van der Waals surface area (Å²) in [7, 11) is 0. The van der Waals surface area contributed by atoms with E-state index in [4.69, 9.17) is 16.3 Å². The Balaban J connectivity index is 1.66. The van der Waals surface area contributed by atoms with E-state index in [-0.39, 0.29) is 17.1 Å². The predicted octanol–water partition coefficient (Wildman–Crippen LogP) is 7.45. The smallest absolute Gasteiger partial charge is 0.224 e. The SMILES string of the molecule is CC(=O)N1c2ccncc2NC2=C(C(=O)CC(C)(C)C2)[C@H]1c1ccc(Oc2ccccc2Br)cc1Cl. The zero-order chi connectivity index (χ0) is 25.6. The summed E-state index contributed by atoms with van der Waals surface area (Å²) >= 11 is 10.4. The Morgan fingerprint density at radius 2 is 1.97 bits per heavy atom. The number of allylic oxidation sites excluding steroid dienone is 1. The Morgan fingerprint density at radius 3 is 2.69 bits per heavy atom. The maximum Gasteiger partial charge on any atom is 0.224 e. The van der Waals surface area contributed by atoms with Crippen LogP contribution in [0.4, 0.5) is 11.4 Å².